The maximum atomic E-state index is 13.6. The lowest BCUT2D eigenvalue weighted by atomic mass is 9.78. The van der Waals surface area contributed by atoms with E-state index >= 15 is 0 Å². The van der Waals surface area contributed by atoms with Crippen molar-refractivity contribution in [1.82, 2.24) is 15.5 Å². The molecule has 5 rings (SSSR count). The molecule has 42 heavy (non-hydrogen) atoms. The van der Waals surface area contributed by atoms with E-state index in [-0.39, 0.29) is 37.3 Å². The maximum Gasteiger partial charge on any atom is 0.491 e. The summed E-state index contributed by atoms with van der Waals surface area (Å²) in [5.74, 6) is -3.21. The smallest absolute Gasteiger partial charge is 0.423 e. The molecule has 3 heterocycles. The van der Waals surface area contributed by atoms with Gasteiger partial charge in [0.15, 0.2) is 0 Å². The van der Waals surface area contributed by atoms with Crippen LogP contribution in [0, 0.1) is 0 Å². The molecule has 16 heteroatoms. The Balaban J connectivity index is 1.38. The van der Waals surface area contributed by atoms with Crippen molar-refractivity contribution in [1.29, 1.82) is 0 Å². The average Bonchev–Trinajstić information content (AvgIpc) is 3.63. The molecular weight excluding hydrogens is 561 g/mol. The minimum absolute atomic E-state index is 0.0618. The molecule has 1 fully saturated rings. The van der Waals surface area contributed by atoms with Crippen molar-refractivity contribution in [3.8, 4) is 0 Å². The number of Topliss-reactive ketones (excluding diaryl/α,β-unsaturated/α-hetero) is 1. The molecule has 0 spiro atoms. The summed E-state index contributed by atoms with van der Waals surface area (Å²) >= 11 is 0. The number of nitrogens with one attached hydrogen (secondary N) is 2. The molecule has 0 aromatic heterocycles. The quantitative estimate of drug-likeness (QED) is 0.306. The molecule has 0 bridgehead atoms. The Kier molecular flexibility index (Phi) is 8.16. The van der Waals surface area contributed by atoms with E-state index in [1.807, 2.05) is 5.32 Å². The Hall–Kier alpha value is -3.72. The highest BCUT2D eigenvalue weighted by Crippen LogP contribution is 2.26. The third-order valence-corrected chi connectivity index (χ3v) is 7.53. The Bertz CT molecular complexity index is 1440. The average molecular weight is 587 g/mol. The largest absolute Gasteiger partial charge is 0.491 e. The minimum Gasteiger partial charge on any atom is -0.423 e. The van der Waals surface area contributed by atoms with Gasteiger partial charge in [0.05, 0.1) is 13.2 Å². The summed E-state index contributed by atoms with van der Waals surface area (Å²) in [5.41, 5.74) is 2.38. The molecular formula is C26H26B2F3N3O8. The number of amides is 3. The van der Waals surface area contributed by atoms with Crippen LogP contribution in [0.2, 0.25) is 0 Å². The van der Waals surface area contributed by atoms with Gasteiger partial charge >= 0.3 is 20.4 Å². The van der Waals surface area contributed by atoms with Crippen LogP contribution in [0.4, 0.5) is 13.2 Å². The number of nitrogens with zero attached hydrogens (tertiary/aromatic N) is 1. The molecule has 4 N–H and O–H groups in total. The predicted octanol–water partition coefficient (Wildman–Crippen LogP) is -0.839. The molecule has 0 unspecified atom stereocenters. The highest BCUT2D eigenvalue weighted by Gasteiger charge is 2.46. The first-order chi connectivity index (χ1) is 19.8. The number of fused-ring (bicyclic) bond motifs is 2. The van der Waals surface area contributed by atoms with Gasteiger partial charge in [0, 0.05) is 30.1 Å². The molecule has 3 aliphatic heterocycles. The van der Waals surface area contributed by atoms with Gasteiger partial charge < -0.3 is 34.9 Å². The summed E-state index contributed by atoms with van der Waals surface area (Å²) in [6.07, 6.45) is -6.10. The van der Waals surface area contributed by atoms with E-state index in [4.69, 9.17) is 9.31 Å². The number of carbonyl (C=O) groups is 4. The predicted molar refractivity (Wildman–Crippen MR) is 142 cm³/mol. The van der Waals surface area contributed by atoms with Crippen molar-refractivity contribution in [2.75, 3.05) is 6.54 Å². The zero-order valence-corrected chi connectivity index (χ0v) is 22.3. The summed E-state index contributed by atoms with van der Waals surface area (Å²) in [6, 6.07) is 4.32. The van der Waals surface area contributed by atoms with Crippen molar-refractivity contribution in [2.45, 2.75) is 57.3 Å². The topological polar surface area (TPSA) is 154 Å². The van der Waals surface area contributed by atoms with Crippen molar-refractivity contribution in [3.05, 3.63) is 58.7 Å². The van der Waals surface area contributed by atoms with E-state index in [1.165, 1.54) is 24.3 Å². The zero-order valence-electron chi connectivity index (χ0n) is 22.3. The molecule has 220 valence electrons. The van der Waals surface area contributed by atoms with Crippen molar-refractivity contribution < 1.29 is 51.7 Å². The van der Waals surface area contributed by atoms with E-state index in [9.17, 15) is 42.4 Å². The van der Waals surface area contributed by atoms with Gasteiger partial charge in [-0.05, 0) is 59.7 Å². The Morgan fingerprint density at radius 2 is 1.57 bits per heavy atom. The van der Waals surface area contributed by atoms with Gasteiger partial charge in [-0.15, -0.1) is 0 Å². The second kappa shape index (κ2) is 11.5. The van der Waals surface area contributed by atoms with Crippen LogP contribution in [0.1, 0.15) is 51.6 Å². The van der Waals surface area contributed by atoms with E-state index in [2.05, 4.69) is 5.32 Å². The number of benzene rings is 2. The number of ketones is 1. The standard InChI is InChI=1S/C26H26B2F3N3O8/c1-13(35)6-22(26(29,30)31)33-24(37)21-9-18(32-23(36)14-2-4-16-11-41-27(39)19(16)7-14)10-34(21)25(38)15-3-5-17-12-42-28(40)20(17)8-15/h2-5,7-8,18,21-22,39-40H,6,9-12H2,1H3,(H,32,36)(H,33,37)/t18-,21+,22+/m1/s1. The number of likely N-dealkylation sites (tertiary alicyclic amines) is 1. The van der Waals surface area contributed by atoms with Gasteiger partial charge in [0.2, 0.25) is 5.91 Å². The normalized spacial score (nSPS) is 20.3. The second-order valence-electron chi connectivity index (χ2n) is 10.5. The summed E-state index contributed by atoms with van der Waals surface area (Å²) in [6.45, 7) is 1.08. The molecule has 2 aromatic rings. The number of rotatable bonds is 7. The van der Waals surface area contributed by atoms with Gasteiger partial charge in [-0.3, -0.25) is 19.2 Å². The number of halogens is 3. The van der Waals surface area contributed by atoms with E-state index in [0.29, 0.717) is 22.1 Å². The Morgan fingerprint density at radius 1 is 1.00 bits per heavy atom. The van der Waals surface area contributed by atoms with Crippen LogP contribution >= 0.6 is 0 Å². The summed E-state index contributed by atoms with van der Waals surface area (Å²) in [4.78, 5) is 52.4. The van der Waals surface area contributed by atoms with E-state index in [1.54, 1.807) is 12.1 Å². The summed E-state index contributed by atoms with van der Waals surface area (Å²) in [7, 11) is -2.44. The van der Waals surface area contributed by atoms with Crippen LogP contribution < -0.4 is 21.6 Å². The van der Waals surface area contributed by atoms with E-state index < -0.39 is 68.5 Å². The third kappa shape index (κ3) is 6.07. The summed E-state index contributed by atoms with van der Waals surface area (Å²) < 4.78 is 51.1. The van der Waals surface area contributed by atoms with Gasteiger partial charge in [-0.1, -0.05) is 12.1 Å². The maximum absolute atomic E-state index is 13.6. The molecule has 11 nitrogen and oxygen atoms in total. The molecule has 3 amide bonds. The first kappa shape index (κ1) is 29.8. The molecule has 3 aliphatic rings. The summed E-state index contributed by atoms with van der Waals surface area (Å²) in [5, 5.41) is 24.6. The zero-order chi connectivity index (χ0) is 30.3. The molecule has 2 aromatic carbocycles. The lowest BCUT2D eigenvalue weighted by Gasteiger charge is -2.27. The third-order valence-electron chi connectivity index (χ3n) is 7.53. The van der Waals surface area contributed by atoms with Crippen molar-refractivity contribution >= 4 is 48.7 Å². The number of alkyl halides is 3. The van der Waals surface area contributed by atoms with Crippen LogP contribution in [-0.2, 0) is 32.1 Å². The molecule has 1 saturated heterocycles. The van der Waals surface area contributed by atoms with Crippen LogP contribution in [0.25, 0.3) is 0 Å². The highest BCUT2D eigenvalue weighted by molar-refractivity contribution is 6.62. The van der Waals surface area contributed by atoms with Crippen LogP contribution in [-0.4, -0.2) is 83.5 Å². The Morgan fingerprint density at radius 3 is 2.14 bits per heavy atom. The molecule has 0 aliphatic carbocycles. The fourth-order valence-electron chi connectivity index (χ4n) is 5.36. The SMILES string of the molecule is CC(=O)C[C@H](NC(=O)[C@@H]1C[C@@H](NC(=O)c2ccc3c(c2)B(O)OC3)CN1C(=O)c1ccc2c(c1)B(O)OC2)C(F)(F)F. The van der Waals surface area contributed by atoms with Gasteiger partial charge in [-0.25, -0.2) is 0 Å². The van der Waals surface area contributed by atoms with Gasteiger partial charge in [0.1, 0.15) is 17.9 Å². The van der Waals surface area contributed by atoms with Crippen molar-refractivity contribution in [3.63, 3.8) is 0 Å². The molecule has 0 radical (unpaired) electrons. The Labute approximate surface area is 238 Å². The number of carbonyl (C=O) groups excluding carboxylic acids is 4. The van der Waals surface area contributed by atoms with Gasteiger partial charge in [0.25, 0.3) is 11.8 Å². The monoisotopic (exact) mass is 587 g/mol. The highest BCUT2D eigenvalue weighted by atomic mass is 19.4. The first-order valence-corrected chi connectivity index (χ1v) is 13.1. The minimum atomic E-state index is -4.92. The molecule has 0 saturated carbocycles. The van der Waals surface area contributed by atoms with Crippen LogP contribution in [0.5, 0.6) is 0 Å². The van der Waals surface area contributed by atoms with Crippen molar-refractivity contribution in [2.24, 2.45) is 0 Å². The van der Waals surface area contributed by atoms with E-state index in [0.717, 1.165) is 11.8 Å². The lowest BCUT2D eigenvalue weighted by molar-refractivity contribution is -0.166. The number of hydrogen-bond donors (Lipinski definition) is 4. The number of hydrogen-bond acceptors (Lipinski definition) is 8. The second-order valence-corrected chi connectivity index (χ2v) is 10.5. The lowest BCUT2D eigenvalue weighted by Crippen LogP contribution is -2.53. The fraction of sp³-hybridized carbons (Fsp3) is 0.385. The van der Waals surface area contributed by atoms with Crippen LogP contribution in [0.15, 0.2) is 36.4 Å². The first-order valence-electron chi connectivity index (χ1n) is 13.1. The molecule has 3 atom stereocenters. The van der Waals surface area contributed by atoms with Crippen LogP contribution in [0.3, 0.4) is 0 Å². The van der Waals surface area contributed by atoms with Gasteiger partial charge in [-0.2, -0.15) is 13.2 Å². The fourth-order valence-corrected chi connectivity index (χ4v) is 5.36.